The maximum Gasteiger partial charge on any atom is 0.405 e. The number of piperidine rings is 1. The number of aryl methyl sites for hydroxylation is 1. The van der Waals surface area contributed by atoms with Gasteiger partial charge in [-0.15, -0.1) is 0 Å². The van der Waals surface area contributed by atoms with Crippen LogP contribution in [0.25, 0.3) is 0 Å². The highest BCUT2D eigenvalue weighted by Crippen LogP contribution is 2.32. The standard InChI is InChI=1S/C20H24F3N3O3/c1-12-4-5-14(17(27)24-11-20(21,22)23)9-16(12)25-18(28)15-3-2-8-26(10-15)19(29)13-6-7-13/h4-5,9,13,15H,2-3,6-8,10-11H2,1H3,(H,24,27)(H,25,28). The summed E-state index contributed by atoms with van der Waals surface area (Å²) < 4.78 is 36.9. The highest BCUT2D eigenvalue weighted by molar-refractivity contribution is 5.98. The Morgan fingerprint density at radius 2 is 1.86 bits per heavy atom. The minimum absolute atomic E-state index is 0.0318. The lowest BCUT2D eigenvalue weighted by molar-refractivity contribution is -0.135. The predicted octanol–water partition coefficient (Wildman–Crippen LogP) is 2.87. The third-order valence-corrected chi connectivity index (χ3v) is 5.24. The molecule has 29 heavy (non-hydrogen) atoms. The van der Waals surface area contributed by atoms with Crippen molar-refractivity contribution in [2.75, 3.05) is 25.0 Å². The molecule has 6 nitrogen and oxygen atoms in total. The fraction of sp³-hybridized carbons (Fsp3) is 0.550. The van der Waals surface area contributed by atoms with E-state index in [4.69, 9.17) is 0 Å². The molecule has 158 valence electrons. The molecule has 3 rings (SSSR count). The molecule has 1 atom stereocenters. The molecule has 2 N–H and O–H groups in total. The summed E-state index contributed by atoms with van der Waals surface area (Å²) in [6.07, 6.45) is -1.27. The van der Waals surface area contributed by atoms with E-state index in [9.17, 15) is 27.6 Å². The van der Waals surface area contributed by atoms with Crippen molar-refractivity contribution in [1.29, 1.82) is 0 Å². The van der Waals surface area contributed by atoms with Crippen molar-refractivity contribution in [3.63, 3.8) is 0 Å². The molecule has 0 aromatic heterocycles. The molecule has 1 unspecified atom stereocenters. The number of benzene rings is 1. The molecule has 9 heteroatoms. The summed E-state index contributed by atoms with van der Waals surface area (Å²) in [5.41, 5.74) is 1.09. The monoisotopic (exact) mass is 411 g/mol. The van der Waals surface area contributed by atoms with Crippen LogP contribution in [-0.2, 0) is 9.59 Å². The number of halogens is 3. The molecule has 1 aliphatic heterocycles. The van der Waals surface area contributed by atoms with E-state index in [2.05, 4.69) is 5.32 Å². The summed E-state index contributed by atoms with van der Waals surface area (Å²) in [4.78, 5) is 38.7. The largest absolute Gasteiger partial charge is 0.405 e. The SMILES string of the molecule is Cc1ccc(C(=O)NCC(F)(F)F)cc1NC(=O)C1CCCN(C(=O)C2CC2)C1. The van der Waals surface area contributed by atoms with E-state index in [1.165, 1.54) is 12.1 Å². The maximum atomic E-state index is 12.7. The number of likely N-dealkylation sites (tertiary alicyclic amines) is 1. The second kappa shape index (κ2) is 8.42. The van der Waals surface area contributed by atoms with Gasteiger partial charge in [0.15, 0.2) is 0 Å². The number of carbonyl (C=O) groups excluding carboxylic acids is 3. The second-order valence-electron chi connectivity index (χ2n) is 7.71. The number of carbonyl (C=O) groups is 3. The first-order valence-electron chi connectivity index (χ1n) is 9.69. The van der Waals surface area contributed by atoms with Crippen LogP contribution in [0.3, 0.4) is 0 Å². The molecule has 1 aliphatic carbocycles. The topological polar surface area (TPSA) is 78.5 Å². The number of amides is 3. The van der Waals surface area contributed by atoms with Gasteiger partial charge in [0.25, 0.3) is 5.91 Å². The van der Waals surface area contributed by atoms with Crippen LogP contribution in [0.4, 0.5) is 18.9 Å². The Balaban J connectivity index is 1.63. The molecule has 2 fully saturated rings. The van der Waals surface area contributed by atoms with Crippen LogP contribution in [0.2, 0.25) is 0 Å². The third kappa shape index (κ3) is 5.71. The van der Waals surface area contributed by atoms with Crippen molar-refractivity contribution in [2.45, 2.75) is 38.8 Å². The molecule has 0 bridgehead atoms. The van der Waals surface area contributed by atoms with Crippen molar-refractivity contribution >= 4 is 23.4 Å². The Labute approximate surface area is 166 Å². The van der Waals surface area contributed by atoms with Gasteiger partial charge in [0.05, 0.1) is 5.92 Å². The van der Waals surface area contributed by atoms with Gasteiger partial charge in [-0.05, 0) is 50.3 Å². The van der Waals surface area contributed by atoms with Gasteiger partial charge in [-0.25, -0.2) is 0 Å². The summed E-state index contributed by atoms with van der Waals surface area (Å²) in [6.45, 7) is 1.34. The molecule has 2 aliphatic rings. The fourth-order valence-corrected chi connectivity index (χ4v) is 3.40. The van der Waals surface area contributed by atoms with E-state index in [1.54, 1.807) is 17.9 Å². The Morgan fingerprint density at radius 3 is 2.52 bits per heavy atom. The zero-order valence-corrected chi connectivity index (χ0v) is 16.1. The highest BCUT2D eigenvalue weighted by Gasteiger charge is 2.36. The van der Waals surface area contributed by atoms with Crippen LogP contribution in [0.5, 0.6) is 0 Å². The lowest BCUT2D eigenvalue weighted by atomic mass is 9.96. The molecule has 1 aromatic rings. The third-order valence-electron chi connectivity index (χ3n) is 5.24. The van der Waals surface area contributed by atoms with Crippen LogP contribution < -0.4 is 10.6 Å². The normalized spacial score (nSPS) is 19.6. The number of alkyl halides is 3. The molecular formula is C20H24F3N3O3. The van der Waals surface area contributed by atoms with E-state index < -0.39 is 18.6 Å². The Morgan fingerprint density at radius 1 is 1.14 bits per heavy atom. The average molecular weight is 411 g/mol. The minimum Gasteiger partial charge on any atom is -0.343 e. The number of nitrogens with zero attached hydrogens (tertiary/aromatic N) is 1. The van der Waals surface area contributed by atoms with Crippen molar-refractivity contribution in [3.8, 4) is 0 Å². The lowest BCUT2D eigenvalue weighted by Gasteiger charge is -2.32. The molecule has 1 heterocycles. The van der Waals surface area contributed by atoms with E-state index in [0.29, 0.717) is 30.8 Å². The van der Waals surface area contributed by atoms with Crippen molar-refractivity contribution < 1.29 is 27.6 Å². The number of hydrogen-bond acceptors (Lipinski definition) is 3. The van der Waals surface area contributed by atoms with Crippen LogP contribution in [0, 0.1) is 18.8 Å². The highest BCUT2D eigenvalue weighted by atomic mass is 19.4. The summed E-state index contributed by atoms with van der Waals surface area (Å²) in [5.74, 6) is -1.26. The van der Waals surface area contributed by atoms with Gasteiger partial charge >= 0.3 is 6.18 Å². The fourth-order valence-electron chi connectivity index (χ4n) is 3.40. The van der Waals surface area contributed by atoms with Gasteiger partial charge in [0.2, 0.25) is 11.8 Å². The Hall–Kier alpha value is -2.58. The van der Waals surface area contributed by atoms with E-state index in [1.807, 2.05) is 5.32 Å². The van der Waals surface area contributed by atoms with Gasteiger partial charge in [-0.2, -0.15) is 13.2 Å². The van der Waals surface area contributed by atoms with E-state index >= 15 is 0 Å². The number of anilines is 1. The second-order valence-corrected chi connectivity index (χ2v) is 7.71. The summed E-state index contributed by atoms with van der Waals surface area (Å²) in [7, 11) is 0. The van der Waals surface area contributed by atoms with Gasteiger partial charge in [-0.1, -0.05) is 6.07 Å². The van der Waals surface area contributed by atoms with Crippen LogP contribution in [-0.4, -0.2) is 48.4 Å². The van der Waals surface area contributed by atoms with Crippen LogP contribution in [0.15, 0.2) is 18.2 Å². The Kier molecular flexibility index (Phi) is 6.14. The predicted molar refractivity (Wildman–Crippen MR) is 100 cm³/mol. The van der Waals surface area contributed by atoms with Gasteiger partial charge in [0, 0.05) is 30.3 Å². The number of hydrogen-bond donors (Lipinski definition) is 2. The van der Waals surface area contributed by atoms with Crippen LogP contribution in [0.1, 0.15) is 41.6 Å². The molecule has 1 saturated heterocycles. The molecule has 1 aromatic carbocycles. The van der Waals surface area contributed by atoms with Gasteiger partial charge in [0.1, 0.15) is 6.54 Å². The smallest absolute Gasteiger partial charge is 0.343 e. The summed E-state index contributed by atoms with van der Waals surface area (Å²) >= 11 is 0. The van der Waals surface area contributed by atoms with Crippen molar-refractivity contribution in [1.82, 2.24) is 10.2 Å². The first kappa shape index (κ1) is 21.1. The summed E-state index contributed by atoms with van der Waals surface area (Å²) in [5, 5.41) is 4.59. The quantitative estimate of drug-likeness (QED) is 0.782. The maximum absolute atomic E-state index is 12.7. The van der Waals surface area contributed by atoms with E-state index in [0.717, 1.165) is 19.3 Å². The number of nitrogens with one attached hydrogen (secondary N) is 2. The average Bonchev–Trinajstić information content (AvgIpc) is 3.52. The molecule has 3 amide bonds. The first-order chi connectivity index (χ1) is 13.6. The Bertz CT molecular complexity index is 806. The molecule has 0 radical (unpaired) electrons. The van der Waals surface area contributed by atoms with Gasteiger partial charge < -0.3 is 15.5 Å². The van der Waals surface area contributed by atoms with Gasteiger partial charge in [-0.3, -0.25) is 14.4 Å². The zero-order chi connectivity index (χ0) is 21.2. The molecular weight excluding hydrogens is 387 g/mol. The van der Waals surface area contributed by atoms with Crippen molar-refractivity contribution in [3.05, 3.63) is 29.3 Å². The molecule has 0 spiro atoms. The van der Waals surface area contributed by atoms with E-state index in [-0.39, 0.29) is 29.2 Å². The van der Waals surface area contributed by atoms with Crippen LogP contribution >= 0.6 is 0 Å². The zero-order valence-electron chi connectivity index (χ0n) is 16.1. The molecule has 1 saturated carbocycles. The lowest BCUT2D eigenvalue weighted by Crippen LogP contribution is -2.44. The first-order valence-corrected chi connectivity index (χ1v) is 9.69. The minimum atomic E-state index is -4.50. The summed E-state index contributed by atoms with van der Waals surface area (Å²) in [6, 6.07) is 4.35. The van der Waals surface area contributed by atoms with Crippen molar-refractivity contribution in [2.24, 2.45) is 11.8 Å². The number of rotatable bonds is 5.